The highest BCUT2D eigenvalue weighted by molar-refractivity contribution is 8.00. The highest BCUT2D eigenvalue weighted by Gasteiger charge is 2.37. The lowest BCUT2D eigenvalue weighted by atomic mass is 10.1. The van der Waals surface area contributed by atoms with Gasteiger partial charge in [0.15, 0.2) is 0 Å². The average molecular weight is 486 g/mol. The maximum atomic E-state index is 15.1. The zero-order valence-electron chi connectivity index (χ0n) is 18.0. The fourth-order valence-electron chi connectivity index (χ4n) is 3.89. The van der Waals surface area contributed by atoms with Crippen LogP contribution in [0.5, 0.6) is 0 Å². The Hall–Kier alpha value is -2.15. The molecular formula is C20H24FN3O6S2. The van der Waals surface area contributed by atoms with Gasteiger partial charge in [-0.25, -0.2) is 9.18 Å². The van der Waals surface area contributed by atoms with Crippen LogP contribution in [-0.4, -0.2) is 76.6 Å². The van der Waals surface area contributed by atoms with Gasteiger partial charge in [-0.05, 0) is 26.1 Å². The summed E-state index contributed by atoms with van der Waals surface area (Å²) < 4.78 is 49.7. The Morgan fingerprint density at radius 3 is 2.56 bits per heavy atom. The predicted molar refractivity (Wildman–Crippen MR) is 120 cm³/mol. The van der Waals surface area contributed by atoms with Crippen LogP contribution in [0.15, 0.2) is 22.0 Å². The van der Waals surface area contributed by atoms with E-state index in [1.54, 1.807) is 17.6 Å². The summed E-state index contributed by atoms with van der Waals surface area (Å²) >= 11 is 1.15. The number of likely N-dealkylation sites (N-methyl/N-ethyl adjacent to an activating group) is 1. The van der Waals surface area contributed by atoms with E-state index in [9.17, 15) is 18.0 Å². The Morgan fingerprint density at radius 1 is 1.25 bits per heavy atom. The quantitative estimate of drug-likeness (QED) is 0.447. The molecule has 174 valence electrons. The van der Waals surface area contributed by atoms with Gasteiger partial charge < -0.3 is 19.1 Å². The van der Waals surface area contributed by atoms with E-state index >= 15 is 4.39 Å². The standard InChI is InChI=1S/C20H24FN3O6S2/c1-4-29-20(26)17-18(25)12-9-13(21)15(23-7-5-22(2)6-8-23)10-14(12)24-16(31-19(17)24)11-30-32(3,27)28/h9-10,16H,4-8,11H2,1-3H3. The number of pyridine rings is 1. The SMILES string of the molecule is CCOC(=O)c1c2n(c3cc(N4CCN(C)CC4)c(F)cc3c1=O)C(COS(C)(=O)=O)S2. The molecule has 1 fully saturated rings. The molecule has 0 saturated carbocycles. The van der Waals surface area contributed by atoms with Crippen LogP contribution < -0.4 is 10.3 Å². The number of hydrogen-bond acceptors (Lipinski definition) is 9. The van der Waals surface area contributed by atoms with Gasteiger partial charge in [-0.3, -0.25) is 8.98 Å². The maximum Gasteiger partial charge on any atom is 0.344 e. The molecule has 2 aromatic rings. The van der Waals surface area contributed by atoms with Crippen LogP contribution in [-0.2, 0) is 19.0 Å². The molecule has 1 saturated heterocycles. The zero-order chi connectivity index (χ0) is 23.2. The number of anilines is 1. The van der Waals surface area contributed by atoms with Crippen molar-refractivity contribution in [2.75, 3.05) is 57.6 Å². The third-order valence-electron chi connectivity index (χ3n) is 5.51. The number of thioether (sulfide) groups is 1. The molecule has 9 nitrogen and oxygen atoms in total. The summed E-state index contributed by atoms with van der Waals surface area (Å²) in [5, 5.41) is -0.0994. The molecule has 12 heteroatoms. The van der Waals surface area contributed by atoms with Crippen LogP contribution in [0.2, 0.25) is 0 Å². The molecule has 0 radical (unpaired) electrons. The van der Waals surface area contributed by atoms with Gasteiger partial charge in [0.05, 0.1) is 35.7 Å². The Balaban J connectivity index is 1.86. The number of fused-ring (bicyclic) bond motifs is 3. The first-order valence-corrected chi connectivity index (χ1v) is 12.8. The summed E-state index contributed by atoms with van der Waals surface area (Å²) in [6.07, 6.45) is 0.950. The van der Waals surface area contributed by atoms with Crippen LogP contribution in [0.1, 0.15) is 22.7 Å². The first-order chi connectivity index (χ1) is 15.1. The molecular weight excluding hydrogens is 461 g/mol. The van der Waals surface area contributed by atoms with Gasteiger partial charge in [-0.1, -0.05) is 11.8 Å². The number of carbonyl (C=O) groups is 1. The number of ether oxygens (including phenoxy) is 1. The van der Waals surface area contributed by atoms with Gasteiger partial charge in [-0.2, -0.15) is 8.42 Å². The van der Waals surface area contributed by atoms with Gasteiger partial charge in [0.25, 0.3) is 10.1 Å². The topological polar surface area (TPSA) is 98.2 Å². The van der Waals surface area contributed by atoms with Crippen molar-refractivity contribution in [3.8, 4) is 0 Å². The van der Waals surface area contributed by atoms with E-state index in [4.69, 9.17) is 8.92 Å². The summed E-state index contributed by atoms with van der Waals surface area (Å²) in [4.78, 5) is 29.7. The molecule has 0 N–H and O–H groups in total. The predicted octanol–water partition coefficient (Wildman–Crippen LogP) is 1.65. The second-order valence-electron chi connectivity index (χ2n) is 7.77. The van der Waals surface area contributed by atoms with Crippen molar-refractivity contribution in [1.29, 1.82) is 0 Å². The zero-order valence-corrected chi connectivity index (χ0v) is 19.6. The summed E-state index contributed by atoms with van der Waals surface area (Å²) in [5.41, 5.74) is 0.00713. The third-order valence-corrected chi connectivity index (χ3v) is 7.32. The molecule has 0 aliphatic carbocycles. The van der Waals surface area contributed by atoms with E-state index in [2.05, 4.69) is 4.90 Å². The van der Waals surface area contributed by atoms with Gasteiger partial charge >= 0.3 is 5.97 Å². The molecule has 1 aromatic heterocycles. The van der Waals surface area contributed by atoms with E-state index in [-0.39, 0.29) is 24.2 Å². The molecule has 1 aromatic carbocycles. The summed E-state index contributed by atoms with van der Waals surface area (Å²) in [7, 11) is -1.69. The highest BCUT2D eigenvalue weighted by Crippen LogP contribution is 2.47. The number of carbonyl (C=O) groups excluding carboxylic acids is 1. The summed E-state index contributed by atoms with van der Waals surface area (Å²) in [6.45, 7) is 4.34. The molecule has 2 aliphatic rings. The number of nitrogens with zero attached hydrogens (tertiary/aromatic N) is 3. The Labute approximate surface area is 189 Å². The van der Waals surface area contributed by atoms with Crippen molar-refractivity contribution >= 4 is 44.4 Å². The van der Waals surface area contributed by atoms with E-state index in [1.165, 1.54) is 0 Å². The second kappa shape index (κ2) is 8.65. The Kier molecular flexibility index (Phi) is 6.23. The fraction of sp³-hybridized carbons (Fsp3) is 0.500. The molecule has 0 bridgehead atoms. The van der Waals surface area contributed by atoms with Crippen LogP contribution >= 0.6 is 11.8 Å². The average Bonchev–Trinajstić information content (AvgIpc) is 2.70. The van der Waals surface area contributed by atoms with Gasteiger partial charge in [-0.15, -0.1) is 0 Å². The lowest BCUT2D eigenvalue weighted by Crippen LogP contribution is -2.44. The minimum absolute atomic E-state index is 0.0387. The molecule has 0 spiro atoms. The summed E-state index contributed by atoms with van der Waals surface area (Å²) in [5.74, 6) is -1.34. The molecule has 1 atom stereocenters. The van der Waals surface area contributed by atoms with E-state index in [0.717, 1.165) is 37.2 Å². The number of hydrogen-bond donors (Lipinski definition) is 0. The van der Waals surface area contributed by atoms with Crippen LogP contribution in [0, 0.1) is 5.82 Å². The number of aromatic nitrogens is 1. The van der Waals surface area contributed by atoms with E-state index in [1.807, 2.05) is 11.9 Å². The minimum atomic E-state index is -3.68. The lowest BCUT2D eigenvalue weighted by Gasteiger charge is -2.36. The van der Waals surface area contributed by atoms with Crippen molar-refractivity contribution in [3.05, 3.63) is 33.7 Å². The first kappa shape index (κ1) is 23.0. The number of rotatable bonds is 6. The second-order valence-corrected chi connectivity index (χ2v) is 10.6. The maximum absolute atomic E-state index is 15.1. The van der Waals surface area contributed by atoms with E-state index in [0.29, 0.717) is 29.3 Å². The van der Waals surface area contributed by atoms with E-state index < -0.39 is 32.7 Å². The number of benzene rings is 1. The molecule has 32 heavy (non-hydrogen) atoms. The largest absolute Gasteiger partial charge is 0.462 e. The number of piperazine rings is 1. The summed E-state index contributed by atoms with van der Waals surface area (Å²) in [6, 6.07) is 2.75. The molecule has 4 rings (SSSR count). The van der Waals surface area contributed by atoms with Crippen LogP contribution in [0.25, 0.3) is 10.9 Å². The first-order valence-electron chi connectivity index (χ1n) is 10.1. The normalized spacial score (nSPS) is 19.0. The molecule has 2 aliphatic heterocycles. The highest BCUT2D eigenvalue weighted by atomic mass is 32.2. The van der Waals surface area contributed by atoms with Crippen molar-refractivity contribution < 1.29 is 26.5 Å². The molecule has 0 amide bonds. The fourth-order valence-corrected chi connectivity index (χ4v) is 5.54. The smallest absolute Gasteiger partial charge is 0.344 e. The van der Waals surface area contributed by atoms with Crippen LogP contribution in [0.3, 0.4) is 0 Å². The molecule has 1 unspecified atom stereocenters. The van der Waals surface area contributed by atoms with Crippen molar-refractivity contribution in [2.45, 2.75) is 17.3 Å². The number of esters is 1. The monoisotopic (exact) mass is 485 g/mol. The third kappa shape index (κ3) is 4.24. The van der Waals surface area contributed by atoms with Gasteiger partial charge in [0.2, 0.25) is 5.43 Å². The molecule has 3 heterocycles. The Morgan fingerprint density at radius 2 is 1.94 bits per heavy atom. The van der Waals surface area contributed by atoms with Crippen molar-refractivity contribution in [3.63, 3.8) is 0 Å². The minimum Gasteiger partial charge on any atom is -0.462 e. The number of halogens is 1. The Bertz CT molecular complexity index is 1240. The van der Waals surface area contributed by atoms with Crippen LogP contribution in [0.4, 0.5) is 10.1 Å². The van der Waals surface area contributed by atoms with Crippen molar-refractivity contribution in [2.24, 2.45) is 0 Å². The lowest BCUT2D eigenvalue weighted by molar-refractivity contribution is 0.0517. The van der Waals surface area contributed by atoms with Gasteiger partial charge in [0.1, 0.15) is 16.8 Å². The van der Waals surface area contributed by atoms with Crippen molar-refractivity contribution in [1.82, 2.24) is 9.47 Å². The van der Waals surface area contributed by atoms with Gasteiger partial charge in [0, 0.05) is 31.6 Å².